The molecular weight excluding hydrogens is 314 g/mol. The first-order chi connectivity index (χ1) is 12.2. The maximum atomic E-state index is 12.9. The van der Waals surface area contributed by atoms with Gasteiger partial charge in [0.05, 0.1) is 23.6 Å². The van der Waals surface area contributed by atoms with Crippen molar-refractivity contribution < 1.29 is 4.79 Å². The molecule has 1 fully saturated rings. The quantitative estimate of drug-likeness (QED) is 0.911. The van der Waals surface area contributed by atoms with E-state index in [0.29, 0.717) is 13.1 Å². The van der Waals surface area contributed by atoms with Crippen molar-refractivity contribution in [2.45, 2.75) is 19.0 Å². The van der Waals surface area contributed by atoms with Crippen LogP contribution in [0.4, 0.5) is 16.2 Å². The maximum Gasteiger partial charge on any atom is 0.324 e. The topological polar surface area (TPSA) is 65.7 Å². The number of aromatic nitrogens is 1. The molecule has 6 heteroatoms. The lowest BCUT2D eigenvalue weighted by atomic mass is 10.1. The fourth-order valence-corrected chi connectivity index (χ4v) is 3.60. The minimum atomic E-state index is 0.0675. The van der Waals surface area contributed by atoms with Crippen molar-refractivity contribution >= 4 is 17.4 Å². The molecule has 130 valence electrons. The number of carbonyl (C=O) groups is 1. The summed E-state index contributed by atoms with van der Waals surface area (Å²) in [7, 11) is 0. The SMILES string of the molecule is NC1CCN(C(=O)N2CCN(Cc3ccccn3)c3ccccc32)C1. The Morgan fingerprint density at radius 2 is 1.88 bits per heavy atom. The summed E-state index contributed by atoms with van der Waals surface area (Å²) in [4.78, 5) is 23.4. The Morgan fingerprint density at radius 3 is 2.60 bits per heavy atom. The molecule has 1 atom stereocenters. The lowest BCUT2D eigenvalue weighted by Crippen LogP contribution is -2.49. The van der Waals surface area contributed by atoms with Gasteiger partial charge in [-0.3, -0.25) is 9.88 Å². The van der Waals surface area contributed by atoms with Crippen molar-refractivity contribution in [1.82, 2.24) is 9.88 Å². The molecule has 0 saturated carbocycles. The van der Waals surface area contributed by atoms with Crippen LogP contribution in [0.1, 0.15) is 12.1 Å². The summed E-state index contributed by atoms with van der Waals surface area (Å²) < 4.78 is 0. The number of nitrogens with two attached hydrogens (primary N) is 1. The van der Waals surface area contributed by atoms with Gasteiger partial charge in [-0.2, -0.15) is 0 Å². The average molecular weight is 337 g/mol. The predicted molar refractivity (Wildman–Crippen MR) is 98.6 cm³/mol. The standard InChI is InChI=1S/C19H23N5O/c20-15-8-10-23(13-15)19(25)24-12-11-22(14-16-5-3-4-9-21-16)17-6-1-2-7-18(17)24/h1-7,9,15H,8,10-14,20H2. The van der Waals surface area contributed by atoms with Crippen LogP contribution in [-0.4, -0.2) is 48.1 Å². The molecule has 1 aromatic heterocycles. The van der Waals surface area contributed by atoms with Crippen LogP contribution in [-0.2, 0) is 6.54 Å². The Morgan fingerprint density at radius 1 is 1.08 bits per heavy atom. The second kappa shape index (κ2) is 6.72. The van der Waals surface area contributed by atoms with E-state index in [2.05, 4.69) is 16.0 Å². The first-order valence-electron chi connectivity index (χ1n) is 8.78. The van der Waals surface area contributed by atoms with Crippen molar-refractivity contribution in [3.63, 3.8) is 0 Å². The van der Waals surface area contributed by atoms with Crippen LogP contribution in [0, 0.1) is 0 Å². The highest BCUT2D eigenvalue weighted by Gasteiger charge is 2.32. The summed E-state index contributed by atoms with van der Waals surface area (Å²) >= 11 is 0. The minimum absolute atomic E-state index is 0.0675. The Bertz CT molecular complexity index is 750. The fourth-order valence-electron chi connectivity index (χ4n) is 3.60. The molecule has 0 spiro atoms. The summed E-state index contributed by atoms with van der Waals surface area (Å²) in [5.74, 6) is 0. The van der Waals surface area contributed by atoms with Crippen LogP contribution >= 0.6 is 0 Å². The summed E-state index contributed by atoms with van der Waals surface area (Å²) in [6.07, 6.45) is 2.70. The number of hydrogen-bond donors (Lipinski definition) is 1. The number of hydrogen-bond acceptors (Lipinski definition) is 4. The van der Waals surface area contributed by atoms with Gasteiger partial charge >= 0.3 is 6.03 Å². The van der Waals surface area contributed by atoms with Crippen molar-refractivity contribution in [2.24, 2.45) is 5.73 Å². The van der Waals surface area contributed by atoms with Crippen LogP contribution in [0.5, 0.6) is 0 Å². The average Bonchev–Trinajstić information content (AvgIpc) is 3.09. The minimum Gasteiger partial charge on any atom is -0.362 e. The van der Waals surface area contributed by atoms with E-state index in [1.807, 2.05) is 52.4 Å². The molecule has 1 saturated heterocycles. The Hall–Kier alpha value is -2.60. The van der Waals surface area contributed by atoms with Gasteiger partial charge in [-0.15, -0.1) is 0 Å². The zero-order chi connectivity index (χ0) is 17.2. The molecule has 6 nitrogen and oxygen atoms in total. The van der Waals surface area contributed by atoms with Crippen molar-refractivity contribution in [1.29, 1.82) is 0 Å². The number of pyridine rings is 1. The number of amides is 2. The van der Waals surface area contributed by atoms with E-state index in [-0.39, 0.29) is 12.1 Å². The number of para-hydroxylation sites is 2. The number of rotatable bonds is 2. The van der Waals surface area contributed by atoms with Gasteiger partial charge in [-0.25, -0.2) is 4.79 Å². The van der Waals surface area contributed by atoms with Crippen molar-refractivity contribution in [2.75, 3.05) is 36.0 Å². The van der Waals surface area contributed by atoms with Crippen LogP contribution in [0.2, 0.25) is 0 Å². The van der Waals surface area contributed by atoms with Gasteiger partial charge in [-0.1, -0.05) is 18.2 Å². The number of urea groups is 1. The van der Waals surface area contributed by atoms with E-state index < -0.39 is 0 Å². The highest BCUT2D eigenvalue weighted by atomic mass is 16.2. The molecule has 4 rings (SSSR count). The summed E-state index contributed by atoms with van der Waals surface area (Å²) in [6.45, 7) is 3.60. The molecule has 2 N–H and O–H groups in total. The molecule has 25 heavy (non-hydrogen) atoms. The van der Waals surface area contributed by atoms with Gasteiger partial charge in [0.15, 0.2) is 0 Å². The normalized spacial score (nSPS) is 19.9. The van der Waals surface area contributed by atoms with E-state index in [9.17, 15) is 4.79 Å². The van der Waals surface area contributed by atoms with Crippen molar-refractivity contribution in [3.05, 3.63) is 54.4 Å². The Kier molecular flexibility index (Phi) is 4.28. The molecule has 3 heterocycles. The molecule has 2 aliphatic heterocycles. The molecule has 2 aliphatic rings. The van der Waals surface area contributed by atoms with Gasteiger partial charge in [0.2, 0.25) is 0 Å². The third-order valence-electron chi connectivity index (χ3n) is 4.91. The van der Waals surface area contributed by atoms with Gasteiger partial charge in [-0.05, 0) is 30.7 Å². The molecule has 0 bridgehead atoms. The summed E-state index contributed by atoms with van der Waals surface area (Å²) in [5.41, 5.74) is 9.05. The van der Waals surface area contributed by atoms with E-state index in [0.717, 1.165) is 43.1 Å². The van der Waals surface area contributed by atoms with E-state index in [1.54, 1.807) is 0 Å². The van der Waals surface area contributed by atoms with E-state index >= 15 is 0 Å². The summed E-state index contributed by atoms with van der Waals surface area (Å²) in [6, 6.07) is 14.2. The van der Waals surface area contributed by atoms with Gasteiger partial charge in [0.25, 0.3) is 0 Å². The third kappa shape index (κ3) is 3.17. The second-order valence-corrected chi connectivity index (χ2v) is 6.66. The molecular formula is C19H23N5O. The molecule has 0 aliphatic carbocycles. The van der Waals surface area contributed by atoms with Crippen molar-refractivity contribution in [3.8, 4) is 0 Å². The number of benzene rings is 1. The van der Waals surface area contributed by atoms with E-state index in [1.165, 1.54) is 0 Å². The highest BCUT2D eigenvalue weighted by Crippen LogP contribution is 2.34. The zero-order valence-corrected chi connectivity index (χ0v) is 14.2. The lowest BCUT2D eigenvalue weighted by molar-refractivity contribution is 0.214. The van der Waals surface area contributed by atoms with Crippen LogP contribution in [0.25, 0.3) is 0 Å². The van der Waals surface area contributed by atoms with Gasteiger partial charge in [0, 0.05) is 38.4 Å². The number of carbonyl (C=O) groups excluding carboxylic acids is 1. The molecule has 2 aromatic rings. The van der Waals surface area contributed by atoms with Gasteiger partial charge in [0.1, 0.15) is 0 Å². The molecule has 2 amide bonds. The Labute approximate surface area is 147 Å². The maximum absolute atomic E-state index is 12.9. The Balaban J connectivity index is 1.57. The van der Waals surface area contributed by atoms with E-state index in [4.69, 9.17) is 5.73 Å². The monoisotopic (exact) mass is 337 g/mol. The molecule has 1 unspecified atom stereocenters. The molecule has 0 radical (unpaired) electrons. The smallest absolute Gasteiger partial charge is 0.324 e. The number of likely N-dealkylation sites (tertiary alicyclic amines) is 1. The zero-order valence-electron chi connectivity index (χ0n) is 14.2. The van der Waals surface area contributed by atoms with Gasteiger partial charge < -0.3 is 15.5 Å². The number of anilines is 2. The molecule has 1 aromatic carbocycles. The van der Waals surface area contributed by atoms with Crippen LogP contribution < -0.4 is 15.5 Å². The number of nitrogens with zero attached hydrogens (tertiary/aromatic N) is 4. The van der Waals surface area contributed by atoms with Crippen LogP contribution in [0.3, 0.4) is 0 Å². The summed E-state index contributed by atoms with van der Waals surface area (Å²) in [5, 5.41) is 0. The first kappa shape index (κ1) is 15.9. The lowest BCUT2D eigenvalue weighted by Gasteiger charge is -2.39. The third-order valence-corrected chi connectivity index (χ3v) is 4.91. The highest BCUT2D eigenvalue weighted by molar-refractivity contribution is 5.97. The number of fused-ring (bicyclic) bond motifs is 1. The van der Waals surface area contributed by atoms with Crippen LogP contribution in [0.15, 0.2) is 48.7 Å². The fraction of sp³-hybridized carbons (Fsp3) is 0.368. The largest absolute Gasteiger partial charge is 0.362 e. The second-order valence-electron chi connectivity index (χ2n) is 6.66. The predicted octanol–water partition coefficient (Wildman–Crippen LogP) is 2.06. The first-order valence-corrected chi connectivity index (χ1v) is 8.78.